The Labute approximate surface area is 212 Å². The molecule has 1 saturated heterocycles. The van der Waals surface area contributed by atoms with Gasteiger partial charge in [0.15, 0.2) is 6.10 Å². The van der Waals surface area contributed by atoms with Crippen molar-refractivity contribution in [3.63, 3.8) is 0 Å². The number of aryl methyl sites for hydroxylation is 1. The van der Waals surface area contributed by atoms with Crippen LogP contribution in [-0.4, -0.2) is 60.4 Å². The third-order valence-corrected chi connectivity index (χ3v) is 6.31. The highest BCUT2D eigenvalue weighted by Crippen LogP contribution is 2.35. The molecule has 2 amide bonds. The lowest BCUT2D eigenvalue weighted by atomic mass is 9.98. The number of aliphatic hydroxyl groups is 1. The van der Waals surface area contributed by atoms with Crippen LogP contribution in [0, 0.1) is 5.92 Å². The number of carbonyl (C=O) groups is 3. The summed E-state index contributed by atoms with van der Waals surface area (Å²) in [5, 5.41) is 8.79. The lowest BCUT2D eigenvalue weighted by Gasteiger charge is -2.27. The van der Waals surface area contributed by atoms with Crippen LogP contribution < -0.4 is 0 Å². The van der Waals surface area contributed by atoms with Gasteiger partial charge in [0.25, 0.3) is 0 Å². The van der Waals surface area contributed by atoms with Crippen molar-refractivity contribution in [3.05, 3.63) is 58.0 Å². The summed E-state index contributed by atoms with van der Waals surface area (Å²) in [7, 11) is 0. The van der Waals surface area contributed by atoms with Crippen LogP contribution in [0.4, 0.5) is 4.79 Å². The largest absolute Gasteiger partial charge is 0.461 e. The number of amides is 2. The molecule has 0 spiro atoms. The molecule has 0 saturated carbocycles. The van der Waals surface area contributed by atoms with Gasteiger partial charge < -0.3 is 23.7 Å². The Balaban J connectivity index is 1.76. The molecule has 1 fully saturated rings. The average Bonchev–Trinajstić information content (AvgIpc) is 3.38. The van der Waals surface area contributed by atoms with Crippen molar-refractivity contribution < 1.29 is 38.1 Å². The van der Waals surface area contributed by atoms with E-state index in [1.54, 1.807) is 13.0 Å². The van der Waals surface area contributed by atoms with Gasteiger partial charge in [-0.2, -0.15) is 0 Å². The number of ether oxygens (including phenoxy) is 3. The number of hydrogen-bond donors (Lipinski definition) is 1. The number of imide groups is 1. The molecule has 3 atom stereocenters. The van der Waals surface area contributed by atoms with Gasteiger partial charge in [0.1, 0.15) is 18.1 Å². The molecular weight excluding hydrogens is 522 g/mol. The van der Waals surface area contributed by atoms with Crippen LogP contribution in [0.2, 0.25) is 0 Å². The van der Waals surface area contributed by atoms with Gasteiger partial charge in [-0.3, -0.25) is 9.59 Å². The molecule has 0 bridgehead atoms. The quantitative estimate of drug-likeness (QED) is 0.312. The summed E-state index contributed by atoms with van der Waals surface area (Å²) in [5.74, 6) is -1.07. The summed E-state index contributed by atoms with van der Waals surface area (Å²) >= 11 is 3.46. The summed E-state index contributed by atoms with van der Waals surface area (Å²) in [6, 6.07) is 10.7. The number of benzene rings is 1. The summed E-state index contributed by atoms with van der Waals surface area (Å²) in [6.07, 6.45) is -0.0921. The third kappa shape index (κ3) is 7.16. The van der Waals surface area contributed by atoms with E-state index >= 15 is 0 Å². The highest BCUT2D eigenvalue weighted by molar-refractivity contribution is 9.10. The number of rotatable bonds is 12. The molecule has 0 radical (unpaired) electrons. The minimum atomic E-state index is -1.03. The molecule has 0 aliphatic carbocycles. The van der Waals surface area contributed by atoms with Gasteiger partial charge in [-0.1, -0.05) is 30.3 Å². The van der Waals surface area contributed by atoms with Crippen LogP contribution in [0.3, 0.4) is 0 Å². The molecule has 190 valence electrons. The highest BCUT2D eigenvalue weighted by atomic mass is 79.9. The zero-order chi connectivity index (χ0) is 25.4. The molecule has 1 aromatic carbocycles. The monoisotopic (exact) mass is 551 g/mol. The fourth-order valence-electron chi connectivity index (χ4n) is 3.94. The predicted octanol–water partition coefficient (Wildman–Crippen LogP) is 3.81. The molecule has 2 aromatic rings. The van der Waals surface area contributed by atoms with Crippen molar-refractivity contribution in [2.24, 2.45) is 5.92 Å². The van der Waals surface area contributed by atoms with Crippen LogP contribution in [-0.2, 0) is 36.6 Å². The van der Waals surface area contributed by atoms with Crippen molar-refractivity contribution in [1.82, 2.24) is 4.90 Å². The first-order valence-corrected chi connectivity index (χ1v) is 12.3. The first-order chi connectivity index (χ1) is 16.8. The SMILES string of the molecule is CC(=O)O[C@H](c1cc(Br)c(CCCOCCO)o1)[C@H](C)C(=O)N1C(=O)OC[C@@H]1Cc1ccccc1. The first-order valence-electron chi connectivity index (χ1n) is 11.5. The molecule has 10 heteroatoms. The number of halogens is 1. The zero-order valence-corrected chi connectivity index (χ0v) is 21.4. The number of carbonyl (C=O) groups excluding carboxylic acids is 3. The van der Waals surface area contributed by atoms with Crippen molar-refractivity contribution in [3.8, 4) is 0 Å². The molecule has 9 nitrogen and oxygen atoms in total. The maximum atomic E-state index is 13.5. The molecule has 35 heavy (non-hydrogen) atoms. The van der Waals surface area contributed by atoms with Crippen LogP contribution in [0.15, 0.2) is 45.3 Å². The van der Waals surface area contributed by atoms with Crippen LogP contribution in [0.25, 0.3) is 0 Å². The Kier molecular flexibility index (Phi) is 9.88. The number of nitrogens with zero attached hydrogens (tertiary/aromatic N) is 1. The lowest BCUT2D eigenvalue weighted by molar-refractivity contribution is -0.154. The Morgan fingerprint density at radius 1 is 1.26 bits per heavy atom. The summed E-state index contributed by atoms with van der Waals surface area (Å²) in [5.41, 5.74) is 0.973. The fourth-order valence-corrected chi connectivity index (χ4v) is 4.44. The minimum Gasteiger partial charge on any atom is -0.461 e. The molecule has 0 unspecified atom stereocenters. The Hall–Kier alpha value is -2.69. The molecule has 1 aliphatic heterocycles. The number of furan rings is 1. The van der Waals surface area contributed by atoms with E-state index in [9.17, 15) is 14.4 Å². The van der Waals surface area contributed by atoms with Crippen molar-refractivity contribution in [1.29, 1.82) is 0 Å². The number of aliphatic hydroxyl groups excluding tert-OH is 1. The van der Waals surface area contributed by atoms with Crippen molar-refractivity contribution >= 4 is 33.9 Å². The second-order valence-electron chi connectivity index (χ2n) is 8.31. The normalized spacial score (nSPS) is 17.2. The standard InChI is InChI=1S/C25H30BrNO8/c1-16(24(30)27-19(15-33-25(27)31)13-18-7-4-3-5-8-18)23(34-17(2)29)22-14-20(26)21(35-22)9-6-11-32-12-10-28/h3-5,7-8,14,16,19,23,28H,6,9-13,15H2,1-2H3/t16-,19-,23-/m0/s1. The second-order valence-corrected chi connectivity index (χ2v) is 9.16. The number of cyclic esters (lactones) is 1. The van der Waals surface area contributed by atoms with Gasteiger partial charge in [-0.15, -0.1) is 0 Å². The van der Waals surface area contributed by atoms with E-state index in [0.29, 0.717) is 41.9 Å². The zero-order valence-electron chi connectivity index (χ0n) is 19.8. The first kappa shape index (κ1) is 26.9. The fraction of sp³-hybridized carbons (Fsp3) is 0.480. The summed E-state index contributed by atoms with van der Waals surface area (Å²) in [6.45, 7) is 3.62. The van der Waals surface area contributed by atoms with Crippen LogP contribution in [0.1, 0.15) is 43.5 Å². The molecule has 1 aromatic heterocycles. The van der Waals surface area contributed by atoms with Gasteiger partial charge in [-0.25, -0.2) is 9.69 Å². The summed E-state index contributed by atoms with van der Waals surface area (Å²) < 4.78 is 22.6. The van der Waals surface area contributed by atoms with Gasteiger partial charge >= 0.3 is 12.1 Å². The minimum absolute atomic E-state index is 0.0403. The van der Waals surface area contributed by atoms with E-state index in [4.69, 9.17) is 23.7 Å². The lowest BCUT2D eigenvalue weighted by Crippen LogP contribution is -2.44. The van der Waals surface area contributed by atoms with Crippen molar-refractivity contribution in [2.75, 3.05) is 26.4 Å². The maximum Gasteiger partial charge on any atom is 0.416 e. The smallest absolute Gasteiger partial charge is 0.416 e. The number of esters is 1. The highest BCUT2D eigenvalue weighted by Gasteiger charge is 2.43. The van der Waals surface area contributed by atoms with E-state index in [-0.39, 0.29) is 19.8 Å². The van der Waals surface area contributed by atoms with Gasteiger partial charge in [0, 0.05) is 20.0 Å². The van der Waals surface area contributed by atoms with E-state index in [1.165, 1.54) is 6.92 Å². The van der Waals surface area contributed by atoms with Gasteiger partial charge in [0.05, 0.1) is 29.6 Å². The van der Waals surface area contributed by atoms with Gasteiger partial charge in [-0.05, 0) is 47.3 Å². The molecule has 1 N–H and O–H groups in total. The third-order valence-electron chi connectivity index (χ3n) is 5.63. The molecule has 2 heterocycles. The second kappa shape index (κ2) is 12.9. The maximum absolute atomic E-state index is 13.5. The Morgan fingerprint density at radius 2 is 2.00 bits per heavy atom. The molecule has 1 aliphatic rings. The average molecular weight is 552 g/mol. The van der Waals surface area contributed by atoms with E-state index in [1.807, 2.05) is 30.3 Å². The topological polar surface area (TPSA) is 116 Å². The van der Waals surface area contributed by atoms with Crippen LogP contribution >= 0.6 is 15.9 Å². The van der Waals surface area contributed by atoms with E-state index in [0.717, 1.165) is 10.5 Å². The Bertz CT molecular complexity index is 1010. The van der Waals surface area contributed by atoms with Crippen molar-refractivity contribution in [2.45, 2.75) is 45.3 Å². The predicted molar refractivity (Wildman–Crippen MR) is 128 cm³/mol. The molecule has 3 rings (SSSR count). The Morgan fingerprint density at radius 3 is 2.69 bits per heavy atom. The van der Waals surface area contributed by atoms with Crippen LogP contribution in [0.5, 0.6) is 0 Å². The van der Waals surface area contributed by atoms with E-state index in [2.05, 4.69) is 15.9 Å². The molecular formula is C25H30BrNO8. The summed E-state index contributed by atoms with van der Waals surface area (Å²) in [4.78, 5) is 38.9. The van der Waals surface area contributed by atoms with Gasteiger partial charge in [0.2, 0.25) is 5.91 Å². The number of hydrogen-bond acceptors (Lipinski definition) is 8. The van der Waals surface area contributed by atoms with E-state index < -0.39 is 36.0 Å².